The SMILES string of the molecule is CCOC(=O)N1CCC(NC(N)=NCC2CCN(C)C2c2ccc(Cl)c(F)c2)CC1.I. The van der Waals surface area contributed by atoms with Crippen LogP contribution in [0.15, 0.2) is 23.2 Å². The number of hydrogen-bond donors (Lipinski definition) is 2. The molecule has 10 heteroatoms. The van der Waals surface area contributed by atoms with E-state index in [1.807, 2.05) is 13.1 Å². The van der Waals surface area contributed by atoms with Crippen molar-refractivity contribution < 1.29 is 13.9 Å². The van der Waals surface area contributed by atoms with Gasteiger partial charge in [0.05, 0.1) is 11.6 Å². The summed E-state index contributed by atoms with van der Waals surface area (Å²) in [6.45, 7) is 4.97. The minimum atomic E-state index is -0.396. The number of likely N-dealkylation sites (tertiary alicyclic amines) is 2. The van der Waals surface area contributed by atoms with Gasteiger partial charge in [0.1, 0.15) is 5.82 Å². The number of guanidine groups is 1. The van der Waals surface area contributed by atoms with Gasteiger partial charge in [-0.3, -0.25) is 9.89 Å². The Kier molecular flexibility index (Phi) is 10.1. The third-order valence-corrected chi connectivity index (χ3v) is 6.23. The van der Waals surface area contributed by atoms with Crippen molar-refractivity contribution in [2.24, 2.45) is 16.6 Å². The summed E-state index contributed by atoms with van der Waals surface area (Å²) < 4.78 is 19.0. The van der Waals surface area contributed by atoms with Gasteiger partial charge in [-0.25, -0.2) is 9.18 Å². The van der Waals surface area contributed by atoms with E-state index in [-0.39, 0.29) is 53.1 Å². The molecule has 0 bridgehead atoms. The van der Waals surface area contributed by atoms with Crippen molar-refractivity contribution >= 4 is 47.6 Å². The van der Waals surface area contributed by atoms with Gasteiger partial charge >= 0.3 is 6.09 Å². The molecule has 31 heavy (non-hydrogen) atoms. The third kappa shape index (κ3) is 6.82. The summed E-state index contributed by atoms with van der Waals surface area (Å²) in [6, 6.07) is 5.28. The van der Waals surface area contributed by atoms with Crippen molar-refractivity contribution in [2.75, 3.05) is 39.8 Å². The molecule has 0 aliphatic carbocycles. The molecule has 1 aromatic rings. The predicted octanol–water partition coefficient (Wildman–Crippen LogP) is 3.62. The molecule has 2 heterocycles. The minimum absolute atomic E-state index is 0. The van der Waals surface area contributed by atoms with Crippen molar-refractivity contribution in [3.63, 3.8) is 0 Å². The molecular weight excluding hydrogens is 536 g/mol. The summed E-state index contributed by atoms with van der Waals surface area (Å²) in [7, 11) is 2.04. The van der Waals surface area contributed by atoms with Crippen LogP contribution in [0.25, 0.3) is 0 Å². The van der Waals surface area contributed by atoms with Gasteiger partial charge in [0, 0.05) is 31.7 Å². The fourth-order valence-electron chi connectivity index (χ4n) is 4.33. The smallest absolute Gasteiger partial charge is 0.409 e. The van der Waals surface area contributed by atoms with Crippen LogP contribution in [0.5, 0.6) is 0 Å². The van der Waals surface area contributed by atoms with Crippen molar-refractivity contribution in [1.82, 2.24) is 15.1 Å². The molecule has 1 aromatic carbocycles. The molecule has 3 rings (SSSR count). The lowest BCUT2D eigenvalue weighted by Crippen LogP contribution is -2.48. The van der Waals surface area contributed by atoms with E-state index in [0.29, 0.717) is 32.2 Å². The molecule has 2 saturated heterocycles. The van der Waals surface area contributed by atoms with Gasteiger partial charge in [-0.2, -0.15) is 0 Å². The van der Waals surface area contributed by atoms with Crippen LogP contribution in [0.2, 0.25) is 5.02 Å². The number of nitrogens with zero attached hydrogens (tertiary/aromatic N) is 3. The van der Waals surface area contributed by atoms with Crippen LogP contribution < -0.4 is 11.1 Å². The van der Waals surface area contributed by atoms with E-state index in [4.69, 9.17) is 22.1 Å². The van der Waals surface area contributed by atoms with Crippen LogP contribution in [0, 0.1) is 11.7 Å². The number of halogens is 3. The lowest BCUT2D eigenvalue weighted by Gasteiger charge is -2.31. The first kappa shape index (κ1) is 25.9. The summed E-state index contributed by atoms with van der Waals surface area (Å²) in [5, 5.41) is 3.41. The van der Waals surface area contributed by atoms with Crippen LogP contribution in [-0.2, 0) is 4.74 Å². The monoisotopic (exact) mass is 567 g/mol. The first-order chi connectivity index (χ1) is 14.4. The van der Waals surface area contributed by atoms with Gasteiger partial charge in [-0.05, 0) is 63.4 Å². The summed E-state index contributed by atoms with van der Waals surface area (Å²) in [4.78, 5) is 20.3. The van der Waals surface area contributed by atoms with Gasteiger partial charge in [0.25, 0.3) is 0 Å². The minimum Gasteiger partial charge on any atom is -0.450 e. The molecule has 1 amide bonds. The number of ether oxygens (including phenoxy) is 1. The lowest BCUT2D eigenvalue weighted by atomic mass is 9.94. The van der Waals surface area contributed by atoms with Crippen LogP contribution in [0.3, 0.4) is 0 Å². The fraction of sp³-hybridized carbons (Fsp3) is 0.619. The second kappa shape index (κ2) is 12.1. The van der Waals surface area contributed by atoms with E-state index >= 15 is 0 Å². The highest BCUT2D eigenvalue weighted by molar-refractivity contribution is 14.0. The Hall–Kier alpha value is -1.33. The predicted molar refractivity (Wildman–Crippen MR) is 132 cm³/mol. The number of nitrogens with one attached hydrogen (secondary N) is 1. The quantitative estimate of drug-likeness (QED) is 0.323. The molecule has 0 spiro atoms. The Bertz CT molecular complexity index is 776. The maximum absolute atomic E-state index is 13.9. The van der Waals surface area contributed by atoms with Gasteiger partial charge in [-0.1, -0.05) is 17.7 Å². The number of hydrogen-bond acceptors (Lipinski definition) is 4. The first-order valence-corrected chi connectivity index (χ1v) is 10.9. The fourth-order valence-corrected chi connectivity index (χ4v) is 4.45. The molecule has 2 atom stereocenters. The largest absolute Gasteiger partial charge is 0.450 e. The Balaban J connectivity index is 0.00000341. The highest BCUT2D eigenvalue weighted by Gasteiger charge is 2.33. The van der Waals surface area contributed by atoms with Crippen molar-refractivity contribution in [1.29, 1.82) is 0 Å². The number of carbonyl (C=O) groups is 1. The second-order valence-electron chi connectivity index (χ2n) is 7.98. The molecule has 2 aliphatic heterocycles. The van der Waals surface area contributed by atoms with E-state index < -0.39 is 5.82 Å². The van der Waals surface area contributed by atoms with Crippen LogP contribution >= 0.6 is 35.6 Å². The lowest BCUT2D eigenvalue weighted by molar-refractivity contribution is 0.0963. The summed E-state index contributed by atoms with van der Waals surface area (Å²) >= 11 is 5.83. The molecule has 0 radical (unpaired) electrons. The number of carbonyl (C=O) groups excluding carboxylic acids is 1. The zero-order valence-corrected chi connectivity index (χ0v) is 21.1. The molecule has 2 aliphatic rings. The molecule has 3 N–H and O–H groups in total. The number of rotatable bonds is 5. The zero-order chi connectivity index (χ0) is 21.7. The Morgan fingerprint density at radius 3 is 2.68 bits per heavy atom. The van der Waals surface area contributed by atoms with Crippen molar-refractivity contribution in [2.45, 2.75) is 38.3 Å². The average Bonchev–Trinajstić information content (AvgIpc) is 3.09. The van der Waals surface area contributed by atoms with E-state index in [1.54, 1.807) is 17.9 Å². The third-order valence-electron chi connectivity index (χ3n) is 5.93. The molecule has 0 saturated carbocycles. The van der Waals surface area contributed by atoms with Gasteiger partial charge in [-0.15, -0.1) is 24.0 Å². The highest BCUT2D eigenvalue weighted by atomic mass is 127. The average molecular weight is 568 g/mol. The second-order valence-corrected chi connectivity index (χ2v) is 8.39. The molecule has 174 valence electrons. The zero-order valence-electron chi connectivity index (χ0n) is 18.0. The number of benzene rings is 1. The van der Waals surface area contributed by atoms with E-state index in [2.05, 4.69) is 15.2 Å². The highest BCUT2D eigenvalue weighted by Crippen LogP contribution is 2.37. The molecule has 0 aromatic heterocycles. The Labute approximate surface area is 205 Å². The Morgan fingerprint density at radius 1 is 1.32 bits per heavy atom. The first-order valence-electron chi connectivity index (χ1n) is 10.5. The number of amides is 1. The Morgan fingerprint density at radius 2 is 2.03 bits per heavy atom. The topological polar surface area (TPSA) is 83.2 Å². The van der Waals surface area contributed by atoms with Crippen LogP contribution in [0.4, 0.5) is 9.18 Å². The van der Waals surface area contributed by atoms with Crippen LogP contribution in [-0.4, -0.2) is 67.7 Å². The molecule has 7 nitrogen and oxygen atoms in total. The molecule has 2 unspecified atom stereocenters. The standard InChI is InChI=1S/C21H31ClFN5O2.HI/c1-3-30-21(29)28-10-7-16(8-11-28)26-20(24)25-13-15-6-9-27(2)19(15)14-4-5-17(22)18(23)12-14;/h4-5,12,15-16,19H,3,6-11,13H2,1-2H3,(H3,24,25,26);1H. The molecular formula is C21H32ClFIN5O2. The summed E-state index contributed by atoms with van der Waals surface area (Å²) in [6.07, 6.45) is 2.31. The van der Waals surface area contributed by atoms with E-state index in [0.717, 1.165) is 31.4 Å². The number of nitrogens with two attached hydrogens (primary N) is 1. The van der Waals surface area contributed by atoms with E-state index in [9.17, 15) is 9.18 Å². The molecule has 2 fully saturated rings. The van der Waals surface area contributed by atoms with Crippen molar-refractivity contribution in [3.05, 3.63) is 34.6 Å². The van der Waals surface area contributed by atoms with Crippen LogP contribution in [0.1, 0.15) is 37.8 Å². The normalized spacial score (nSPS) is 22.8. The maximum atomic E-state index is 13.9. The van der Waals surface area contributed by atoms with Crippen molar-refractivity contribution in [3.8, 4) is 0 Å². The van der Waals surface area contributed by atoms with E-state index in [1.165, 1.54) is 6.07 Å². The summed E-state index contributed by atoms with van der Waals surface area (Å²) in [5.74, 6) is 0.272. The summed E-state index contributed by atoms with van der Waals surface area (Å²) in [5.41, 5.74) is 7.04. The number of aliphatic imine (C=N–C) groups is 1. The van der Waals surface area contributed by atoms with Gasteiger partial charge in [0.15, 0.2) is 5.96 Å². The van der Waals surface area contributed by atoms with Gasteiger partial charge in [0.2, 0.25) is 0 Å². The van der Waals surface area contributed by atoms with Gasteiger partial charge < -0.3 is 20.7 Å². The maximum Gasteiger partial charge on any atom is 0.409 e. The number of piperidine rings is 1.